The van der Waals surface area contributed by atoms with Crippen molar-refractivity contribution in [2.75, 3.05) is 0 Å². The van der Waals surface area contributed by atoms with Crippen molar-refractivity contribution < 1.29 is 9.26 Å². The van der Waals surface area contributed by atoms with E-state index < -0.39 is 0 Å². The van der Waals surface area contributed by atoms with Crippen molar-refractivity contribution in [2.45, 2.75) is 38.3 Å². The molecular weight excluding hydrogens is 314 g/mol. The van der Waals surface area contributed by atoms with Gasteiger partial charge in [-0.3, -0.25) is 0 Å². The molecule has 5 nitrogen and oxygen atoms in total. The summed E-state index contributed by atoms with van der Waals surface area (Å²) in [5.74, 6) is 1.98. The van der Waals surface area contributed by atoms with Gasteiger partial charge >= 0.3 is 0 Å². The van der Waals surface area contributed by atoms with Crippen LogP contribution in [-0.2, 0) is 6.54 Å². The van der Waals surface area contributed by atoms with Crippen molar-refractivity contribution in [2.24, 2.45) is 5.73 Å². The maximum absolute atomic E-state index is 5.99. The summed E-state index contributed by atoms with van der Waals surface area (Å²) in [6.07, 6.45) is 5.19. The highest BCUT2D eigenvalue weighted by atomic mass is 16.5. The summed E-state index contributed by atoms with van der Waals surface area (Å²) in [5.41, 5.74) is 8.49. The van der Waals surface area contributed by atoms with Crippen LogP contribution < -0.4 is 10.5 Å². The molecule has 4 rings (SSSR count). The molecule has 0 unspecified atom stereocenters. The van der Waals surface area contributed by atoms with E-state index in [0.717, 1.165) is 35.3 Å². The smallest absolute Gasteiger partial charge is 0.258 e. The van der Waals surface area contributed by atoms with Crippen LogP contribution in [0, 0.1) is 0 Å². The average molecular weight is 335 g/mol. The molecule has 0 spiro atoms. The van der Waals surface area contributed by atoms with Gasteiger partial charge in [-0.15, -0.1) is 0 Å². The van der Waals surface area contributed by atoms with Crippen molar-refractivity contribution >= 4 is 0 Å². The molecule has 1 aliphatic carbocycles. The van der Waals surface area contributed by atoms with Gasteiger partial charge in [0.15, 0.2) is 0 Å². The predicted octanol–water partition coefficient (Wildman–Crippen LogP) is 4.18. The molecule has 1 fully saturated rings. The van der Waals surface area contributed by atoms with Gasteiger partial charge in [-0.05, 0) is 67.6 Å². The lowest BCUT2D eigenvalue weighted by atomic mass is 10.1. The maximum Gasteiger partial charge on any atom is 0.258 e. The van der Waals surface area contributed by atoms with Gasteiger partial charge in [0.25, 0.3) is 5.89 Å². The van der Waals surface area contributed by atoms with Crippen LogP contribution in [0.1, 0.15) is 31.2 Å². The van der Waals surface area contributed by atoms with E-state index in [1.165, 1.54) is 12.8 Å². The monoisotopic (exact) mass is 335 g/mol. The molecule has 128 valence electrons. The lowest BCUT2D eigenvalue weighted by molar-refractivity contribution is 0.210. The van der Waals surface area contributed by atoms with Gasteiger partial charge in [0.05, 0.1) is 6.10 Å². The molecular formula is C20H21N3O2. The van der Waals surface area contributed by atoms with Crippen molar-refractivity contribution in [1.29, 1.82) is 0 Å². The van der Waals surface area contributed by atoms with E-state index >= 15 is 0 Å². The number of benzene rings is 2. The Kier molecular flexibility index (Phi) is 4.48. The minimum absolute atomic E-state index is 0.360. The number of hydrogen-bond donors (Lipinski definition) is 1. The van der Waals surface area contributed by atoms with Crippen molar-refractivity contribution in [1.82, 2.24) is 10.1 Å². The lowest BCUT2D eigenvalue weighted by Crippen LogP contribution is -2.10. The number of rotatable bonds is 5. The molecule has 5 heteroatoms. The van der Waals surface area contributed by atoms with Gasteiger partial charge in [0, 0.05) is 17.7 Å². The van der Waals surface area contributed by atoms with Crippen LogP contribution in [0.3, 0.4) is 0 Å². The Balaban J connectivity index is 1.49. The first-order valence-corrected chi connectivity index (χ1v) is 8.72. The third-order valence-electron chi connectivity index (χ3n) is 4.58. The average Bonchev–Trinajstić information content (AvgIpc) is 3.34. The van der Waals surface area contributed by atoms with E-state index in [1.54, 1.807) is 0 Å². The van der Waals surface area contributed by atoms with Gasteiger partial charge in [-0.2, -0.15) is 4.98 Å². The topological polar surface area (TPSA) is 74.2 Å². The Hall–Kier alpha value is -2.66. The Labute approximate surface area is 146 Å². The quantitative estimate of drug-likeness (QED) is 0.757. The van der Waals surface area contributed by atoms with Crippen LogP contribution in [0.15, 0.2) is 53.1 Å². The molecule has 0 saturated heterocycles. The second-order valence-electron chi connectivity index (χ2n) is 6.37. The Morgan fingerprint density at radius 1 is 0.960 bits per heavy atom. The fourth-order valence-electron chi connectivity index (χ4n) is 3.12. The fraction of sp³-hybridized carbons (Fsp3) is 0.300. The van der Waals surface area contributed by atoms with Crippen LogP contribution in [-0.4, -0.2) is 16.2 Å². The zero-order valence-corrected chi connectivity index (χ0v) is 14.0. The lowest BCUT2D eigenvalue weighted by Gasteiger charge is -2.12. The summed E-state index contributed by atoms with van der Waals surface area (Å²) in [7, 11) is 0. The van der Waals surface area contributed by atoms with Crippen LogP contribution in [0.5, 0.6) is 5.75 Å². The van der Waals surface area contributed by atoms with Crippen molar-refractivity contribution in [3.63, 3.8) is 0 Å². The molecule has 2 N–H and O–H groups in total. The summed E-state index contributed by atoms with van der Waals surface area (Å²) in [5, 5.41) is 4.09. The maximum atomic E-state index is 5.99. The molecule has 25 heavy (non-hydrogen) atoms. The largest absolute Gasteiger partial charge is 0.490 e. The van der Waals surface area contributed by atoms with Crippen LogP contribution in [0.2, 0.25) is 0 Å². The van der Waals surface area contributed by atoms with Gasteiger partial charge in [-0.1, -0.05) is 17.3 Å². The fourth-order valence-corrected chi connectivity index (χ4v) is 3.12. The molecule has 0 radical (unpaired) electrons. The number of ether oxygens (including phenoxy) is 1. The summed E-state index contributed by atoms with van der Waals surface area (Å²) in [4.78, 5) is 4.49. The first kappa shape index (κ1) is 15.8. The number of aromatic nitrogens is 2. The SMILES string of the molecule is NCc1ccc(-c2nc(-c3ccc(OC4CCCC4)cc3)no2)cc1. The summed E-state index contributed by atoms with van der Waals surface area (Å²) >= 11 is 0. The van der Waals surface area contributed by atoms with E-state index in [1.807, 2.05) is 48.5 Å². The number of hydrogen-bond acceptors (Lipinski definition) is 5. The number of nitrogens with two attached hydrogens (primary N) is 1. The first-order chi connectivity index (χ1) is 12.3. The Morgan fingerprint density at radius 2 is 1.64 bits per heavy atom. The van der Waals surface area contributed by atoms with Crippen molar-refractivity contribution in [3.05, 3.63) is 54.1 Å². The number of nitrogens with zero attached hydrogens (tertiary/aromatic N) is 2. The van der Waals surface area contributed by atoms with E-state index in [2.05, 4.69) is 10.1 Å². The van der Waals surface area contributed by atoms with E-state index in [-0.39, 0.29) is 0 Å². The van der Waals surface area contributed by atoms with Gasteiger partial charge < -0.3 is 15.0 Å². The van der Waals surface area contributed by atoms with Crippen LogP contribution in [0.25, 0.3) is 22.8 Å². The highest BCUT2D eigenvalue weighted by Crippen LogP contribution is 2.27. The Morgan fingerprint density at radius 3 is 2.32 bits per heavy atom. The van der Waals surface area contributed by atoms with Crippen molar-refractivity contribution in [3.8, 4) is 28.6 Å². The molecule has 0 amide bonds. The van der Waals surface area contributed by atoms with Crippen LogP contribution in [0.4, 0.5) is 0 Å². The second-order valence-corrected chi connectivity index (χ2v) is 6.37. The highest BCUT2D eigenvalue weighted by molar-refractivity contribution is 5.60. The molecule has 1 aliphatic rings. The molecule has 1 saturated carbocycles. The minimum Gasteiger partial charge on any atom is -0.490 e. The molecule has 2 aromatic carbocycles. The van der Waals surface area contributed by atoms with Crippen LogP contribution >= 0.6 is 0 Å². The summed E-state index contributed by atoms with van der Waals surface area (Å²) in [6.45, 7) is 0.518. The molecule has 3 aromatic rings. The third kappa shape index (κ3) is 3.56. The summed E-state index contributed by atoms with van der Waals surface area (Å²) < 4.78 is 11.4. The first-order valence-electron chi connectivity index (χ1n) is 8.72. The molecule has 1 aromatic heterocycles. The molecule has 0 bridgehead atoms. The molecule has 0 aliphatic heterocycles. The zero-order chi connectivity index (χ0) is 17.1. The normalized spacial score (nSPS) is 14.8. The van der Waals surface area contributed by atoms with Gasteiger partial charge in [0.2, 0.25) is 5.82 Å². The predicted molar refractivity (Wildman–Crippen MR) is 95.9 cm³/mol. The third-order valence-corrected chi connectivity index (χ3v) is 4.58. The molecule has 0 atom stereocenters. The van der Waals surface area contributed by atoms with Gasteiger partial charge in [-0.25, -0.2) is 0 Å². The van der Waals surface area contributed by atoms with E-state index in [9.17, 15) is 0 Å². The minimum atomic E-state index is 0.360. The summed E-state index contributed by atoms with van der Waals surface area (Å²) in [6, 6.07) is 15.7. The van der Waals surface area contributed by atoms with E-state index in [4.69, 9.17) is 15.0 Å². The highest BCUT2D eigenvalue weighted by Gasteiger charge is 2.16. The Bertz CT molecular complexity index is 819. The van der Waals surface area contributed by atoms with Gasteiger partial charge in [0.1, 0.15) is 5.75 Å². The molecule has 1 heterocycles. The van der Waals surface area contributed by atoms with E-state index in [0.29, 0.717) is 24.4 Å². The second kappa shape index (κ2) is 7.07. The zero-order valence-electron chi connectivity index (χ0n) is 14.0. The standard InChI is InChI=1S/C20H21N3O2/c21-13-14-5-7-16(8-6-14)20-22-19(23-25-20)15-9-11-18(12-10-15)24-17-3-1-2-4-17/h5-12,17H,1-4,13,21H2.